The number of hydrogen-bond acceptors (Lipinski definition) is 2. The summed E-state index contributed by atoms with van der Waals surface area (Å²) in [4.78, 5) is 0. The second kappa shape index (κ2) is 4.03. The normalized spacial score (nSPS) is 19.1. The first-order valence-electron chi connectivity index (χ1n) is 5.22. The van der Waals surface area contributed by atoms with Crippen molar-refractivity contribution in [1.29, 1.82) is 0 Å². The van der Waals surface area contributed by atoms with E-state index in [1.807, 2.05) is 12.1 Å². The Balaban J connectivity index is 2.41. The maximum Gasteiger partial charge on any atom is 0.119 e. The summed E-state index contributed by atoms with van der Waals surface area (Å²) in [6, 6.07) is 5.43. The Morgan fingerprint density at radius 2 is 2.00 bits per heavy atom. The molecule has 0 bridgehead atoms. The smallest absolute Gasteiger partial charge is 0.119 e. The average Bonchev–Trinajstić information content (AvgIpc) is 2.67. The highest BCUT2D eigenvalue weighted by atomic mass is 35.5. The van der Waals surface area contributed by atoms with Gasteiger partial charge in [0.25, 0.3) is 0 Å². The first-order valence-corrected chi connectivity index (χ1v) is 5.60. The van der Waals surface area contributed by atoms with Crippen LogP contribution in [-0.2, 0) is 5.60 Å². The van der Waals surface area contributed by atoms with Crippen molar-refractivity contribution in [2.24, 2.45) is 0 Å². The summed E-state index contributed by atoms with van der Waals surface area (Å²) < 4.78 is 5.14. The second-order valence-electron chi connectivity index (χ2n) is 4.08. The van der Waals surface area contributed by atoms with Gasteiger partial charge in [-0.25, -0.2) is 0 Å². The molecular weight excluding hydrogens is 212 g/mol. The fourth-order valence-electron chi connectivity index (χ4n) is 2.22. The lowest BCUT2D eigenvalue weighted by Gasteiger charge is -2.24. The minimum absolute atomic E-state index is 0.625. The minimum Gasteiger partial charge on any atom is -0.497 e. The highest BCUT2D eigenvalue weighted by molar-refractivity contribution is 6.31. The molecule has 0 aromatic heterocycles. The molecule has 0 heterocycles. The van der Waals surface area contributed by atoms with Crippen LogP contribution in [0.2, 0.25) is 5.02 Å². The van der Waals surface area contributed by atoms with Crippen LogP contribution in [-0.4, -0.2) is 12.2 Å². The van der Waals surface area contributed by atoms with E-state index in [4.69, 9.17) is 16.3 Å². The van der Waals surface area contributed by atoms with Gasteiger partial charge in [0.2, 0.25) is 0 Å². The number of methoxy groups -OCH3 is 1. The lowest BCUT2D eigenvalue weighted by Crippen LogP contribution is -2.21. The van der Waals surface area contributed by atoms with E-state index in [-0.39, 0.29) is 0 Å². The van der Waals surface area contributed by atoms with Crippen LogP contribution >= 0.6 is 11.6 Å². The van der Waals surface area contributed by atoms with Crippen molar-refractivity contribution in [2.45, 2.75) is 31.3 Å². The summed E-state index contributed by atoms with van der Waals surface area (Å²) in [6.45, 7) is 0. The van der Waals surface area contributed by atoms with Crippen molar-refractivity contribution in [3.63, 3.8) is 0 Å². The molecule has 0 spiro atoms. The molecule has 15 heavy (non-hydrogen) atoms. The number of benzene rings is 1. The lowest BCUT2D eigenvalue weighted by atomic mass is 9.92. The van der Waals surface area contributed by atoms with Crippen molar-refractivity contribution < 1.29 is 9.84 Å². The Labute approximate surface area is 94.8 Å². The van der Waals surface area contributed by atoms with Crippen LogP contribution in [0.4, 0.5) is 0 Å². The molecule has 0 radical (unpaired) electrons. The van der Waals surface area contributed by atoms with Crippen LogP contribution in [0.25, 0.3) is 0 Å². The molecule has 1 N–H and O–H groups in total. The number of rotatable bonds is 2. The van der Waals surface area contributed by atoms with E-state index >= 15 is 0 Å². The molecule has 2 rings (SSSR count). The van der Waals surface area contributed by atoms with Crippen LogP contribution < -0.4 is 4.74 Å². The molecule has 3 heteroatoms. The van der Waals surface area contributed by atoms with Crippen LogP contribution in [0.1, 0.15) is 31.2 Å². The predicted molar refractivity (Wildman–Crippen MR) is 60.4 cm³/mol. The Bertz CT molecular complexity index is 357. The third kappa shape index (κ3) is 1.97. The standard InChI is InChI=1S/C12H15ClO2/c1-15-9-4-5-11(13)10(8-9)12(14)6-2-3-7-12/h4-5,8,14H,2-3,6-7H2,1H3. The summed E-state index contributed by atoms with van der Waals surface area (Å²) in [5.41, 5.74) is 0.0621. The van der Waals surface area contributed by atoms with Gasteiger partial charge in [-0.3, -0.25) is 0 Å². The second-order valence-corrected chi connectivity index (χ2v) is 4.49. The fourth-order valence-corrected chi connectivity index (χ4v) is 2.51. The van der Waals surface area contributed by atoms with Gasteiger partial charge in [0.05, 0.1) is 12.7 Å². The molecule has 82 valence electrons. The molecule has 0 atom stereocenters. The van der Waals surface area contributed by atoms with Gasteiger partial charge in [-0.2, -0.15) is 0 Å². The largest absolute Gasteiger partial charge is 0.497 e. The van der Waals surface area contributed by atoms with E-state index in [0.29, 0.717) is 5.02 Å². The summed E-state index contributed by atoms with van der Waals surface area (Å²) in [5.74, 6) is 0.745. The zero-order valence-corrected chi connectivity index (χ0v) is 9.55. The molecule has 0 amide bonds. The monoisotopic (exact) mass is 226 g/mol. The van der Waals surface area contributed by atoms with E-state index in [2.05, 4.69) is 0 Å². The molecule has 1 aromatic carbocycles. The lowest BCUT2D eigenvalue weighted by molar-refractivity contribution is 0.0444. The Morgan fingerprint density at radius 3 is 2.60 bits per heavy atom. The van der Waals surface area contributed by atoms with Crippen molar-refractivity contribution in [1.82, 2.24) is 0 Å². The van der Waals surface area contributed by atoms with E-state index in [9.17, 15) is 5.11 Å². The Kier molecular flexibility index (Phi) is 2.89. The number of hydrogen-bond donors (Lipinski definition) is 1. The maximum atomic E-state index is 10.4. The van der Waals surface area contributed by atoms with Gasteiger partial charge >= 0.3 is 0 Å². The molecule has 0 unspecified atom stereocenters. The fraction of sp³-hybridized carbons (Fsp3) is 0.500. The zero-order chi connectivity index (χ0) is 10.9. The van der Waals surface area contributed by atoms with Crippen molar-refractivity contribution in [3.8, 4) is 5.75 Å². The van der Waals surface area contributed by atoms with Gasteiger partial charge in [-0.05, 0) is 31.0 Å². The Hall–Kier alpha value is -0.730. The number of halogens is 1. The van der Waals surface area contributed by atoms with Gasteiger partial charge in [0, 0.05) is 10.6 Å². The van der Waals surface area contributed by atoms with E-state index in [1.165, 1.54) is 0 Å². The Morgan fingerprint density at radius 1 is 1.33 bits per heavy atom. The third-order valence-electron chi connectivity index (χ3n) is 3.11. The molecule has 2 nitrogen and oxygen atoms in total. The summed E-state index contributed by atoms with van der Waals surface area (Å²) >= 11 is 6.11. The van der Waals surface area contributed by atoms with Gasteiger partial charge in [0.15, 0.2) is 0 Å². The molecule has 1 aliphatic carbocycles. The molecule has 0 aliphatic heterocycles. The molecule has 0 saturated heterocycles. The summed E-state index contributed by atoms with van der Waals surface area (Å²) in [7, 11) is 1.62. The molecule has 1 aromatic rings. The number of aliphatic hydroxyl groups is 1. The summed E-state index contributed by atoms with van der Waals surface area (Å²) in [6.07, 6.45) is 3.70. The van der Waals surface area contributed by atoms with Crippen molar-refractivity contribution in [2.75, 3.05) is 7.11 Å². The topological polar surface area (TPSA) is 29.5 Å². The van der Waals surface area contributed by atoms with E-state index in [0.717, 1.165) is 37.0 Å². The molecule has 1 saturated carbocycles. The third-order valence-corrected chi connectivity index (χ3v) is 3.44. The predicted octanol–water partition coefficient (Wildman–Crippen LogP) is 3.11. The average molecular weight is 227 g/mol. The summed E-state index contributed by atoms with van der Waals surface area (Å²) in [5, 5.41) is 11.0. The minimum atomic E-state index is -0.744. The first kappa shape index (κ1) is 10.8. The van der Waals surface area contributed by atoms with Crippen LogP contribution in [0.5, 0.6) is 5.75 Å². The van der Waals surface area contributed by atoms with Crippen LogP contribution in [0, 0.1) is 0 Å². The van der Waals surface area contributed by atoms with Gasteiger partial charge in [-0.15, -0.1) is 0 Å². The van der Waals surface area contributed by atoms with Crippen molar-refractivity contribution in [3.05, 3.63) is 28.8 Å². The first-order chi connectivity index (χ1) is 7.15. The zero-order valence-electron chi connectivity index (χ0n) is 8.79. The highest BCUT2D eigenvalue weighted by Gasteiger charge is 2.34. The van der Waals surface area contributed by atoms with E-state index < -0.39 is 5.60 Å². The van der Waals surface area contributed by atoms with E-state index in [1.54, 1.807) is 13.2 Å². The molecule has 1 fully saturated rings. The van der Waals surface area contributed by atoms with Gasteiger partial charge < -0.3 is 9.84 Å². The maximum absolute atomic E-state index is 10.4. The highest BCUT2D eigenvalue weighted by Crippen LogP contribution is 2.42. The SMILES string of the molecule is COc1ccc(Cl)c(C2(O)CCCC2)c1. The van der Waals surface area contributed by atoms with Crippen LogP contribution in [0.3, 0.4) is 0 Å². The van der Waals surface area contributed by atoms with Crippen LogP contribution in [0.15, 0.2) is 18.2 Å². The quantitative estimate of drug-likeness (QED) is 0.840. The molecular formula is C12H15ClO2. The van der Waals surface area contributed by atoms with Gasteiger partial charge in [0.1, 0.15) is 5.75 Å². The molecule has 1 aliphatic rings. The van der Waals surface area contributed by atoms with Gasteiger partial charge in [-0.1, -0.05) is 24.4 Å². The van der Waals surface area contributed by atoms with Crippen molar-refractivity contribution >= 4 is 11.6 Å². The number of ether oxygens (including phenoxy) is 1.